The molecule has 2 heterocycles. The first-order valence-electron chi connectivity index (χ1n) is 7.62. The summed E-state index contributed by atoms with van der Waals surface area (Å²) >= 11 is 1.67. The van der Waals surface area contributed by atoms with E-state index in [1.165, 1.54) is 12.0 Å². The molecule has 3 rings (SSSR count). The van der Waals surface area contributed by atoms with Crippen LogP contribution in [0.4, 0.5) is 11.5 Å². The number of aromatic nitrogens is 2. The average molecular weight is 354 g/mol. The molecule has 0 radical (unpaired) electrons. The number of amides is 1. The Morgan fingerprint density at radius 2 is 1.96 bits per heavy atom. The summed E-state index contributed by atoms with van der Waals surface area (Å²) in [6, 6.07) is 11.8. The van der Waals surface area contributed by atoms with Crippen molar-refractivity contribution < 1.29 is 9.53 Å². The zero-order valence-corrected chi connectivity index (χ0v) is 15.0. The molecule has 0 saturated carbocycles. The summed E-state index contributed by atoms with van der Waals surface area (Å²) in [5.41, 5.74) is 2.19. The van der Waals surface area contributed by atoms with Crippen molar-refractivity contribution in [3.05, 3.63) is 53.5 Å². The largest absolute Gasteiger partial charge is 0.467 e. The number of carbonyl (C=O) groups is 1. The van der Waals surface area contributed by atoms with Crippen LogP contribution >= 0.6 is 11.3 Å². The highest BCUT2D eigenvalue weighted by Crippen LogP contribution is 2.26. The Bertz CT molecular complexity index is 861. The zero-order chi connectivity index (χ0) is 17.8. The summed E-state index contributed by atoms with van der Waals surface area (Å²) in [5.74, 6) is 0.366. The standard InChI is InChI=1S/C18H18N4O2S/c1-22(2)16-14(11-19-18(21-16)24-3)20-17(23)13-8-6-12(7-9-13)15-5-4-10-25-15/h4-11H,1-3H3,(H,20,23). The minimum atomic E-state index is -0.213. The van der Waals surface area contributed by atoms with Crippen LogP contribution in [0, 0.1) is 0 Å². The van der Waals surface area contributed by atoms with Crippen LogP contribution in [-0.4, -0.2) is 37.1 Å². The molecule has 0 aliphatic rings. The summed E-state index contributed by atoms with van der Waals surface area (Å²) in [6.07, 6.45) is 1.54. The van der Waals surface area contributed by atoms with Crippen LogP contribution in [0.3, 0.4) is 0 Å². The van der Waals surface area contributed by atoms with E-state index in [0.29, 0.717) is 17.1 Å². The molecular weight excluding hydrogens is 336 g/mol. The van der Waals surface area contributed by atoms with Crippen molar-refractivity contribution >= 4 is 28.7 Å². The van der Waals surface area contributed by atoms with Crippen molar-refractivity contribution in [1.29, 1.82) is 0 Å². The zero-order valence-electron chi connectivity index (χ0n) is 14.2. The number of benzene rings is 1. The van der Waals surface area contributed by atoms with Crippen molar-refractivity contribution in [2.75, 3.05) is 31.4 Å². The number of methoxy groups -OCH3 is 1. The fourth-order valence-electron chi connectivity index (χ4n) is 2.31. The molecule has 128 valence electrons. The van der Waals surface area contributed by atoms with Crippen molar-refractivity contribution in [3.8, 4) is 16.5 Å². The Hall–Kier alpha value is -2.93. The number of rotatable bonds is 5. The third-order valence-electron chi connectivity index (χ3n) is 3.55. The van der Waals surface area contributed by atoms with Gasteiger partial charge in [0.15, 0.2) is 5.82 Å². The summed E-state index contributed by atoms with van der Waals surface area (Å²) in [5, 5.41) is 4.89. The van der Waals surface area contributed by atoms with E-state index in [2.05, 4.69) is 21.4 Å². The maximum absolute atomic E-state index is 12.5. The molecule has 1 amide bonds. The van der Waals surface area contributed by atoms with Gasteiger partial charge in [-0.05, 0) is 29.1 Å². The first-order valence-corrected chi connectivity index (χ1v) is 8.50. The number of carbonyl (C=O) groups excluding carboxylic acids is 1. The maximum atomic E-state index is 12.5. The Labute approximate surface area is 150 Å². The average Bonchev–Trinajstić information content (AvgIpc) is 3.16. The third kappa shape index (κ3) is 3.77. The van der Waals surface area contributed by atoms with Crippen LogP contribution in [0.25, 0.3) is 10.4 Å². The smallest absolute Gasteiger partial charge is 0.318 e. The fourth-order valence-corrected chi connectivity index (χ4v) is 3.04. The predicted molar refractivity (Wildman–Crippen MR) is 101 cm³/mol. The monoisotopic (exact) mass is 354 g/mol. The molecule has 6 nitrogen and oxygen atoms in total. The van der Waals surface area contributed by atoms with Gasteiger partial charge in [0.1, 0.15) is 5.69 Å². The molecule has 0 fully saturated rings. The first-order chi connectivity index (χ1) is 12.1. The van der Waals surface area contributed by atoms with Crippen LogP contribution in [0.15, 0.2) is 48.0 Å². The topological polar surface area (TPSA) is 67.3 Å². The third-order valence-corrected chi connectivity index (χ3v) is 4.47. The van der Waals surface area contributed by atoms with Crippen LogP contribution in [0.2, 0.25) is 0 Å². The predicted octanol–water partition coefficient (Wildman–Crippen LogP) is 3.53. The van der Waals surface area contributed by atoms with Crippen molar-refractivity contribution in [1.82, 2.24) is 9.97 Å². The Kier molecular flexibility index (Phi) is 4.95. The van der Waals surface area contributed by atoms with E-state index in [4.69, 9.17) is 4.74 Å². The fraction of sp³-hybridized carbons (Fsp3) is 0.167. The molecule has 0 bridgehead atoms. The van der Waals surface area contributed by atoms with Gasteiger partial charge < -0.3 is 15.0 Å². The van der Waals surface area contributed by atoms with Gasteiger partial charge >= 0.3 is 6.01 Å². The molecule has 25 heavy (non-hydrogen) atoms. The number of ether oxygens (including phenoxy) is 1. The SMILES string of the molecule is COc1ncc(NC(=O)c2ccc(-c3cccs3)cc2)c(N(C)C)n1. The van der Waals surface area contributed by atoms with Gasteiger partial charge in [0, 0.05) is 24.5 Å². The molecule has 7 heteroatoms. The van der Waals surface area contributed by atoms with Crippen LogP contribution in [-0.2, 0) is 0 Å². The second-order valence-corrected chi connectivity index (χ2v) is 6.44. The molecule has 3 aromatic rings. The van der Waals surface area contributed by atoms with Gasteiger partial charge in [0.2, 0.25) is 0 Å². The molecular formula is C18H18N4O2S. The summed E-state index contributed by atoms with van der Waals surface area (Å²) in [6.45, 7) is 0. The highest BCUT2D eigenvalue weighted by atomic mass is 32.1. The Balaban J connectivity index is 1.80. The molecule has 0 saturated heterocycles. The van der Waals surface area contributed by atoms with E-state index in [0.717, 1.165) is 5.56 Å². The van der Waals surface area contributed by atoms with E-state index >= 15 is 0 Å². The van der Waals surface area contributed by atoms with Crippen LogP contribution in [0.5, 0.6) is 6.01 Å². The van der Waals surface area contributed by atoms with E-state index < -0.39 is 0 Å². The Morgan fingerprint density at radius 1 is 1.20 bits per heavy atom. The lowest BCUT2D eigenvalue weighted by Gasteiger charge is -2.16. The van der Waals surface area contributed by atoms with E-state index in [1.807, 2.05) is 49.8 Å². The van der Waals surface area contributed by atoms with Crippen LogP contribution < -0.4 is 15.0 Å². The molecule has 1 aromatic carbocycles. The molecule has 0 unspecified atom stereocenters. The molecule has 1 N–H and O–H groups in total. The molecule has 2 aromatic heterocycles. The number of nitrogens with one attached hydrogen (secondary N) is 1. The van der Waals surface area contributed by atoms with Gasteiger partial charge in [-0.2, -0.15) is 4.98 Å². The normalized spacial score (nSPS) is 10.4. The van der Waals surface area contributed by atoms with E-state index in [1.54, 1.807) is 22.4 Å². The quantitative estimate of drug-likeness (QED) is 0.759. The number of thiophene rings is 1. The van der Waals surface area contributed by atoms with Gasteiger partial charge in [0.05, 0.1) is 13.3 Å². The maximum Gasteiger partial charge on any atom is 0.318 e. The van der Waals surface area contributed by atoms with Crippen molar-refractivity contribution in [2.24, 2.45) is 0 Å². The van der Waals surface area contributed by atoms with Gasteiger partial charge in [-0.3, -0.25) is 4.79 Å². The summed E-state index contributed by atoms with van der Waals surface area (Å²) in [7, 11) is 5.18. The highest BCUT2D eigenvalue weighted by molar-refractivity contribution is 7.13. The molecule has 0 aliphatic carbocycles. The second kappa shape index (κ2) is 7.31. The van der Waals surface area contributed by atoms with E-state index in [9.17, 15) is 4.79 Å². The van der Waals surface area contributed by atoms with Gasteiger partial charge in [0.25, 0.3) is 5.91 Å². The number of anilines is 2. The Morgan fingerprint density at radius 3 is 2.56 bits per heavy atom. The van der Waals surface area contributed by atoms with Gasteiger partial charge in [-0.15, -0.1) is 11.3 Å². The van der Waals surface area contributed by atoms with Crippen molar-refractivity contribution in [2.45, 2.75) is 0 Å². The highest BCUT2D eigenvalue weighted by Gasteiger charge is 2.14. The van der Waals surface area contributed by atoms with Crippen LogP contribution in [0.1, 0.15) is 10.4 Å². The number of hydrogen-bond donors (Lipinski definition) is 1. The minimum absolute atomic E-state index is 0.213. The summed E-state index contributed by atoms with van der Waals surface area (Å²) in [4.78, 5) is 23.8. The summed E-state index contributed by atoms with van der Waals surface area (Å²) < 4.78 is 5.04. The lowest BCUT2D eigenvalue weighted by molar-refractivity contribution is 0.102. The molecule has 0 spiro atoms. The number of nitrogens with zero attached hydrogens (tertiary/aromatic N) is 3. The second-order valence-electron chi connectivity index (χ2n) is 5.50. The van der Waals surface area contributed by atoms with E-state index in [-0.39, 0.29) is 11.9 Å². The lowest BCUT2D eigenvalue weighted by Crippen LogP contribution is -2.18. The van der Waals surface area contributed by atoms with Gasteiger partial charge in [-0.25, -0.2) is 4.98 Å². The van der Waals surface area contributed by atoms with Crippen molar-refractivity contribution in [3.63, 3.8) is 0 Å². The first kappa shape index (κ1) is 16.9. The molecule has 0 aliphatic heterocycles. The number of hydrogen-bond acceptors (Lipinski definition) is 6. The van der Waals surface area contributed by atoms with Gasteiger partial charge in [-0.1, -0.05) is 18.2 Å². The minimum Gasteiger partial charge on any atom is -0.467 e. The lowest BCUT2D eigenvalue weighted by atomic mass is 10.1. The molecule has 0 atom stereocenters.